The topological polar surface area (TPSA) is 77.2 Å². The molecule has 1 rings (SSSR count). The first-order valence-corrected chi connectivity index (χ1v) is 5.23. The highest BCUT2D eigenvalue weighted by Gasteiger charge is 2.12. The normalized spacial score (nSPS) is 11.1. The Kier molecular flexibility index (Phi) is 2.67. The van der Waals surface area contributed by atoms with Gasteiger partial charge in [-0.1, -0.05) is 0 Å². The summed E-state index contributed by atoms with van der Waals surface area (Å²) in [5, 5.41) is 0. The van der Waals surface area contributed by atoms with Crippen molar-refractivity contribution in [3.8, 4) is 0 Å². The molecule has 0 atom stereocenters. The van der Waals surface area contributed by atoms with Crippen LogP contribution < -0.4 is 5.73 Å². The van der Waals surface area contributed by atoms with Crippen molar-refractivity contribution in [2.24, 2.45) is 0 Å². The summed E-state index contributed by atoms with van der Waals surface area (Å²) in [6.07, 6.45) is 0.367. The Balaban J connectivity index is 3.08. The van der Waals surface area contributed by atoms with E-state index in [1.165, 1.54) is 24.3 Å². The lowest BCUT2D eigenvalue weighted by Gasteiger charge is -1.99. The average Bonchev–Trinajstić information content (AvgIpc) is 2.05. The fourth-order valence-electron chi connectivity index (χ4n) is 0.861. The van der Waals surface area contributed by atoms with Crippen LogP contribution in [0.1, 0.15) is 0 Å². The first-order chi connectivity index (χ1) is 6.06. The third kappa shape index (κ3) is 2.29. The van der Waals surface area contributed by atoms with Crippen molar-refractivity contribution >= 4 is 21.8 Å². The van der Waals surface area contributed by atoms with E-state index >= 15 is 0 Å². The number of nitrogens with two attached hydrogens (primary N) is 1. The zero-order valence-electron chi connectivity index (χ0n) is 6.80. The lowest BCUT2D eigenvalue weighted by atomic mass is 10.3. The van der Waals surface area contributed by atoms with Gasteiger partial charge in [0.15, 0.2) is 9.84 Å². The van der Waals surface area contributed by atoms with Crippen LogP contribution in [-0.4, -0.2) is 20.5 Å². The van der Waals surface area contributed by atoms with Gasteiger partial charge in [-0.3, -0.25) is 0 Å². The highest BCUT2D eigenvalue weighted by molar-refractivity contribution is 7.92. The molecule has 13 heavy (non-hydrogen) atoms. The number of rotatable bonds is 3. The molecule has 0 heterocycles. The molecule has 0 saturated heterocycles. The standard InChI is InChI=1S/C8H9NO3S/c9-7-1-3-8(4-2-7)13(11,12)6-5-10/h1-5H,6,9H2. The van der Waals surface area contributed by atoms with Gasteiger partial charge in [0, 0.05) is 5.69 Å². The van der Waals surface area contributed by atoms with Gasteiger partial charge in [-0.05, 0) is 24.3 Å². The number of hydrogen-bond acceptors (Lipinski definition) is 4. The van der Waals surface area contributed by atoms with Crippen molar-refractivity contribution in [2.45, 2.75) is 4.90 Å². The molecule has 0 aliphatic rings. The molecule has 2 N–H and O–H groups in total. The summed E-state index contributed by atoms with van der Waals surface area (Å²) in [7, 11) is -3.45. The van der Waals surface area contributed by atoms with E-state index in [1.807, 2.05) is 0 Å². The highest BCUT2D eigenvalue weighted by Crippen LogP contribution is 2.12. The molecule has 0 fully saturated rings. The molecule has 0 aromatic heterocycles. The van der Waals surface area contributed by atoms with Gasteiger partial charge in [-0.2, -0.15) is 0 Å². The van der Waals surface area contributed by atoms with Crippen LogP contribution in [0.2, 0.25) is 0 Å². The number of hydrogen-bond donors (Lipinski definition) is 1. The molecule has 1 aromatic carbocycles. The van der Waals surface area contributed by atoms with Crippen molar-refractivity contribution in [1.29, 1.82) is 0 Å². The third-order valence-corrected chi connectivity index (χ3v) is 3.09. The minimum atomic E-state index is -3.45. The van der Waals surface area contributed by atoms with Crippen LogP contribution in [-0.2, 0) is 14.6 Å². The Labute approximate surface area is 76.3 Å². The Morgan fingerprint density at radius 3 is 2.23 bits per heavy atom. The number of sulfone groups is 1. The number of carbonyl (C=O) groups is 1. The van der Waals surface area contributed by atoms with Gasteiger partial charge in [0.25, 0.3) is 0 Å². The number of benzene rings is 1. The minimum Gasteiger partial charge on any atom is -0.399 e. The Morgan fingerprint density at radius 2 is 1.77 bits per heavy atom. The molecule has 4 nitrogen and oxygen atoms in total. The van der Waals surface area contributed by atoms with Crippen LogP contribution in [0, 0.1) is 0 Å². The van der Waals surface area contributed by atoms with E-state index in [-0.39, 0.29) is 4.90 Å². The molecule has 0 bridgehead atoms. The fraction of sp³-hybridized carbons (Fsp3) is 0.125. The van der Waals surface area contributed by atoms with Crippen LogP contribution in [0.5, 0.6) is 0 Å². The predicted octanol–water partition coefficient (Wildman–Crippen LogP) is 0.241. The Hall–Kier alpha value is -1.36. The van der Waals surface area contributed by atoms with Gasteiger partial charge in [-0.15, -0.1) is 0 Å². The van der Waals surface area contributed by atoms with Gasteiger partial charge < -0.3 is 10.5 Å². The average molecular weight is 199 g/mol. The monoisotopic (exact) mass is 199 g/mol. The molecular formula is C8H9NO3S. The van der Waals surface area contributed by atoms with Crippen molar-refractivity contribution in [3.63, 3.8) is 0 Å². The molecule has 5 heteroatoms. The lowest BCUT2D eigenvalue weighted by molar-refractivity contribution is -0.105. The second-order valence-electron chi connectivity index (χ2n) is 2.52. The first kappa shape index (κ1) is 9.73. The smallest absolute Gasteiger partial charge is 0.185 e. The van der Waals surface area contributed by atoms with E-state index in [0.717, 1.165) is 0 Å². The highest BCUT2D eigenvalue weighted by atomic mass is 32.2. The maximum absolute atomic E-state index is 11.3. The quantitative estimate of drug-likeness (QED) is 0.559. The lowest BCUT2D eigenvalue weighted by Crippen LogP contribution is -2.07. The Bertz CT molecular complexity index is 394. The third-order valence-electron chi connectivity index (χ3n) is 1.53. The predicted molar refractivity (Wildman–Crippen MR) is 49.0 cm³/mol. The zero-order valence-corrected chi connectivity index (χ0v) is 7.62. The number of carbonyl (C=O) groups excluding carboxylic acids is 1. The van der Waals surface area contributed by atoms with Gasteiger partial charge in [0.2, 0.25) is 0 Å². The molecule has 0 spiro atoms. The van der Waals surface area contributed by atoms with E-state index in [1.54, 1.807) is 0 Å². The SMILES string of the molecule is Nc1ccc(S(=O)(=O)CC=O)cc1. The number of nitrogen functional groups attached to an aromatic ring is 1. The van der Waals surface area contributed by atoms with E-state index in [0.29, 0.717) is 12.0 Å². The largest absolute Gasteiger partial charge is 0.399 e. The van der Waals surface area contributed by atoms with E-state index in [2.05, 4.69) is 0 Å². The Morgan fingerprint density at radius 1 is 1.23 bits per heavy atom. The summed E-state index contributed by atoms with van der Waals surface area (Å²) in [5.74, 6) is -0.489. The van der Waals surface area contributed by atoms with Crippen LogP contribution in [0.15, 0.2) is 29.2 Å². The summed E-state index contributed by atoms with van der Waals surface area (Å²) in [6.45, 7) is 0. The van der Waals surface area contributed by atoms with Crippen LogP contribution >= 0.6 is 0 Å². The van der Waals surface area contributed by atoms with E-state index in [9.17, 15) is 13.2 Å². The molecule has 0 aliphatic heterocycles. The zero-order chi connectivity index (χ0) is 9.90. The maximum Gasteiger partial charge on any atom is 0.185 e. The summed E-state index contributed by atoms with van der Waals surface area (Å²) < 4.78 is 22.5. The molecule has 1 aromatic rings. The first-order valence-electron chi connectivity index (χ1n) is 3.58. The molecule has 0 radical (unpaired) electrons. The van der Waals surface area contributed by atoms with Gasteiger partial charge >= 0.3 is 0 Å². The number of anilines is 1. The summed E-state index contributed by atoms with van der Waals surface area (Å²) in [5.41, 5.74) is 5.87. The molecular weight excluding hydrogens is 190 g/mol. The van der Waals surface area contributed by atoms with Gasteiger partial charge in [0.05, 0.1) is 4.90 Å². The van der Waals surface area contributed by atoms with Gasteiger partial charge in [-0.25, -0.2) is 8.42 Å². The second kappa shape index (κ2) is 3.57. The van der Waals surface area contributed by atoms with Crippen LogP contribution in [0.25, 0.3) is 0 Å². The van der Waals surface area contributed by atoms with E-state index < -0.39 is 15.6 Å². The van der Waals surface area contributed by atoms with Crippen LogP contribution in [0.4, 0.5) is 5.69 Å². The van der Waals surface area contributed by atoms with E-state index in [4.69, 9.17) is 5.73 Å². The fourth-order valence-corrected chi connectivity index (χ4v) is 1.78. The molecule has 0 amide bonds. The van der Waals surface area contributed by atoms with Crippen LogP contribution in [0.3, 0.4) is 0 Å². The second-order valence-corrected chi connectivity index (χ2v) is 4.55. The molecule has 0 unspecified atom stereocenters. The van der Waals surface area contributed by atoms with Gasteiger partial charge in [0.1, 0.15) is 12.0 Å². The minimum absolute atomic E-state index is 0.119. The maximum atomic E-state index is 11.3. The van der Waals surface area contributed by atoms with Crippen molar-refractivity contribution in [1.82, 2.24) is 0 Å². The summed E-state index contributed by atoms with van der Waals surface area (Å²) >= 11 is 0. The molecule has 0 aliphatic carbocycles. The summed E-state index contributed by atoms with van der Waals surface area (Å²) in [6, 6.07) is 5.73. The van der Waals surface area contributed by atoms with Crippen molar-refractivity contribution in [2.75, 3.05) is 11.5 Å². The summed E-state index contributed by atoms with van der Waals surface area (Å²) in [4.78, 5) is 10.2. The molecule has 0 saturated carbocycles. The molecule has 70 valence electrons. The number of aldehydes is 1. The van der Waals surface area contributed by atoms with Crippen molar-refractivity contribution in [3.05, 3.63) is 24.3 Å². The van der Waals surface area contributed by atoms with Crippen molar-refractivity contribution < 1.29 is 13.2 Å².